The lowest BCUT2D eigenvalue weighted by Gasteiger charge is -2.07. The molecule has 0 aliphatic rings. The fourth-order valence-electron chi connectivity index (χ4n) is 0.984. The van der Waals surface area contributed by atoms with E-state index in [1.54, 1.807) is 6.07 Å². The van der Waals surface area contributed by atoms with Crippen molar-refractivity contribution in [3.8, 4) is 11.5 Å². The topological polar surface area (TPSA) is 46.5 Å². The SMILES string of the molecule is CC(=O)Oc1c(O)cc(C)cc1S. The summed E-state index contributed by atoms with van der Waals surface area (Å²) >= 11 is 4.07. The molecular formula is C9H10O3S. The number of aryl methyl sites for hydroxylation is 1. The molecule has 0 heterocycles. The molecule has 3 nitrogen and oxygen atoms in total. The average molecular weight is 198 g/mol. The van der Waals surface area contributed by atoms with Gasteiger partial charge in [0.25, 0.3) is 0 Å². The van der Waals surface area contributed by atoms with Crippen LogP contribution in [0.2, 0.25) is 0 Å². The number of phenols is 1. The second kappa shape index (κ2) is 3.70. The van der Waals surface area contributed by atoms with E-state index in [4.69, 9.17) is 4.74 Å². The third-order valence-electron chi connectivity index (χ3n) is 1.44. The highest BCUT2D eigenvalue weighted by Gasteiger charge is 2.09. The summed E-state index contributed by atoms with van der Waals surface area (Å²) < 4.78 is 4.77. The van der Waals surface area contributed by atoms with Gasteiger partial charge in [-0.25, -0.2) is 0 Å². The van der Waals surface area contributed by atoms with Gasteiger partial charge in [-0.2, -0.15) is 0 Å². The number of thiol groups is 1. The van der Waals surface area contributed by atoms with Gasteiger partial charge in [-0.15, -0.1) is 12.6 Å². The molecule has 0 aliphatic carbocycles. The molecule has 1 N–H and O–H groups in total. The summed E-state index contributed by atoms with van der Waals surface area (Å²) in [7, 11) is 0. The minimum absolute atomic E-state index is 0.0693. The first-order valence-corrected chi connectivity index (χ1v) is 4.16. The number of aromatic hydroxyl groups is 1. The third kappa shape index (κ3) is 2.39. The molecule has 0 bridgehead atoms. The van der Waals surface area contributed by atoms with Gasteiger partial charge in [0, 0.05) is 6.92 Å². The molecule has 0 aromatic heterocycles. The molecule has 13 heavy (non-hydrogen) atoms. The lowest BCUT2D eigenvalue weighted by atomic mass is 10.2. The summed E-state index contributed by atoms with van der Waals surface area (Å²) in [6.07, 6.45) is 0. The molecule has 0 fully saturated rings. The Morgan fingerprint density at radius 2 is 2.15 bits per heavy atom. The molecule has 0 unspecified atom stereocenters. The third-order valence-corrected chi connectivity index (χ3v) is 1.77. The van der Waals surface area contributed by atoms with Crippen LogP contribution in [0.3, 0.4) is 0 Å². The maximum absolute atomic E-state index is 10.6. The quantitative estimate of drug-likeness (QED) is 0.411. The van der Waals surface area contributed by atoms with Crippen molar-refractivity contribution in [2.24, 2.45) is 0 Å². The summed E-state index contributed by atoms with van der Waals surface area (Å²) in [6, 6.07) is 3.22. The normalized spacial score (nSPS) is 9.77. The van der Waals surface area contributed by atoms with Crippen LogP contribution in [-0.2, 0) is 4.79 Å². The Bertz CT molecular complexity index is 324. The van der Waals surface area contributed by atoms with Crippen LogP contribution in [0.5, 0.6) is 11.5 Å². The number of esters is 1. The van der Waals surface area contributed by atoms with Crippen molar-refractivity contribution in [2.75, 3.05) is 0 Å². The predicted octanol–water partition coefficient (Wildman–Crippen LogP) is 1.91. The van der Waals surface area contributed by atoms with E-state index in [1.165, 1.54) is 13.0 Å². The van der Waals surface area contributed by atoms with Gasteiger partial charge in [0.05, 0.1) is 4.90 Å². The number of carbonyl (C=O) groups is 1. The van der Waals surface area contributed by atoms with E-state index in [-0.39, 0.29) is 11.5 Å². The van der Waals surface area contributed by atoms with Crippen LogP contribution in [0.4, 0.5) is 0 Å². The highest BCUT2D eigenvalue weighted by Crippen LogP contribution is 2.34. The molecule has 4 heteroatoms. The van der Waals surface area contributed by atoms with E-state index >= 15 is 0 Å². The molecule has 0 saturated carbocycles. The van der Waals surface area contributed by atoms with Crippen LogP contribution in [0.15, 0.2) is 17.0 Å². The number of hydrogen-bond donors (Lipinski definition) is 2. The van der Waals surface area contributed by atoms with Crippen molar-refractivity contribution >= 4 is 18.6 Å². The molecule has 0 saturated heterocycles. The van der Waals surface area contributed by atoms with Gasteiger partial charge in [-0.05, 0) is 24.6 Å². The maximum atomic E-state index is 10.6. The molecule has 0 amide bonds. The van der Waals surface area contributed by atoms with Crippen LogP contribution in [0, 0.1) is 6.92 Å². The van der Waals surface area contributed by atoms with Gasteiger partial charge in [0.2, 0.25) is 0 Å². The van der Waals surface area contributed by atoms with E-state index in [0.29, 0.717) is 4.90 Å². The van der Waals surface area contributed by atoms with Crippen molar-refractivity contribution in [1.29, 1.82) is 0 Å². The first kappa shape index (κ1) is 9.92. The summed E-state index contributed by atoms with van der Waals surface area (Å²) in [5, 5.41) is 9.39. The Labute approximate surface area is 81.8 Å². The molecule has 0 radical (unpaired) electrons. The number of carbonyl (C=O) groups excluding carboxylic acids is 1. The number of hydrogen-bond acceptors (Lipinski definition) is 4. The summed E-state index contributed by atoms with van der Waals surface area (Å²) in [5.41, 5.74) is 0.860. The molecule has 0 atom stereocenters. The van der Waals surface area contributed by atoms with Crippen molar-refractivity contribution in [1.82, 2.24) is 0 Å². The minimum atomic E-state index is -0.477. The molecule has 1 aromatic rings. The lowest BCUT2D eigenvalue weighted by molar-refractivity contribution is -0.132. The van der Waals surface area contributed by atoms with Crippen molar-refractivity contribution in [2.45, 2.75) is 18.7 Å². The van der Waals surface area contributed by atoms with E-state index < -0.39 is 5.97 Å². The highest BCUT2D eigenvalue weighted by molar-refractivity contribution is 7.80. The van der Waals surface area contributed by atoms with Crippen LogP contribution < -0.4 is 4.74 Å². The van der Waals surface area contributed by atoms with E-state index in [2.05, 4.69) is 12.6 Å². The zero-order valence-electron chi connectivity index (χ0n) is 7.37. The van der Waals surface area contributed by atoms with Crippen molar-refractivity contribution < 1.29 is 14.6 Å². The highest BCUT2D eigenvalue weighted by atomic mass is 32.1. The first-order chi connectivity index (χ1) is 6.00. The van der Waals surface area contributed by atoms with Gasteiger partial charge >= 0.3 is 5.97 Å². The molecule has 0 aliphatic heterocycles. The van der Waals surface area contributed by atoms with Crippen molar-refractivity contribution in [3.05, 3.63) is 17.7 Å². The zero-order chi connectivity index (χ0) is 10.0. The Kier molecular flexibility index (Phi) is 2.83. The maximum Gasteiger partial charge on any atom is 0.308 e. The minimum Gasteiger partial charge on any atom is -0.504 e. The van der Waals surface area contributed by atoms with Gasteiger partial charge in [0.1, 0.15) is 0 Å². The second-order valence-electron chi connectivity index (χ2n) is 2.73. The van der Waals surface area contributed by atoms with Gasteiger partial charge < -0.3 is 9.84 Å². The molecular weight excluding hydrogens is 188 g/mol. The van der Waals surface area contributed by atoms with Crippen LogP contribution in [-0.4, -0.2) is 11.1 Å². The Morgan fingerprint density at radius 1 is 1.54 bits per heavy atom. The number of phenolic OH excluding ortho intramolecular Hbond substituents is 1. The van der Waals surface area contributed by atoms with E-state index in [0.717, 1.165) is 5.56 Å². The lowest BCUT2D eigenvalue weighted by Crippen LogP contribution is -2.02. The van der Waals surface area contributed by atoms with Gasteiger partial charge in [0.15, 0.2) is 11.5 Å². The smallest absolute Gasteiger partial charge is 0.308 e. The van der Waals surface area contributed by atoms with Crippen LogP contribution in [0.1, 0.15) is 12.5 Å². The van der Waals surface area contributed by atoms with Gasteiger partial charge in [-0.3, -0.25) is 4.79 Å². The fraction of sp³-hybridized carbons (Fsp3) is 0.222. The number of benzene rings is 1. The molecule has 70 valence electrons. The summed E-state index contributed by atoms with van der Waals surface area (Å²) in [4.78, 5) is 11.1. The monoisotopic (exact) mass is 198 g/mol. The van der Waals surface area contributed by atoms with Gasteiger partial charge in [-0.1, -0.05) is 0 Å². The van der Waals surface area contributed by atoms with E-state index in [9.17, 15) is 9.90 Å². The summed E-state index contributed by atoms with van der Waals surface area (Å²) in [6.45, 7) is 3.09. The van der Waals surface area contributed by atoms with Crippen LogP contribution in [0.25, 0.3) is 0 Å². The van der Waals surface area contributed by atoms with E-state index in [1.807, 2.05) is 6.92 Å². The number of ether oxygens (including phenoxy) is 1. The molecule has 1 rings (SSSR count). The Hall–Kier alpha value is -1.16. The van der Waals surface area contributed by atoms with Crippen molar-refractivity contribution in [3.63, 3.8) is 0 Å². The average Bonchev–Trinajstić information content (AvgIpc) is 1.96. The standard InChI is InChI=1S/C9H10O3S/c1-5-3-7(11)9(8(13)4-5)12-6(2)10/h3-4,11,13H,1-2H3. The fourth-order valence-corrected chi connectivity index (χ4v) is 1.35. The Balaban J connectivity index is 3.13. The predicted molar refractivity (Wildman–Crippen MR) is 51.4 cm³/mol. The van der Waals surface area contributed by atoms with Crippen LogP contribution >= 0.6 is 12.6 Å². The molecule has 1 aromatic carbocycles. The zero-order valence-corrected chi connectivity index (χ0v) is 8.26. The second-order valence-corrected chi connectivity index (χ2v) is 3.21. The Morgan fingerprint density at radius 3 is 2.62 bits per heavy atom. The summed E-state index contributed by atoms with van der Waals surface area (Å²) in [5.74, 6) is -0.434. The first-order valence-electron chi connectivity index (χ1n) is 3.71. The largest absolute Gasteiger partial charge is 0.504 e. The molecule has 0 spiro atoms. The number of rotatable bonds is 1.